The van der Waals surface area contributed by atoms with Gasteiger partial charge in [-0.05, 0) is 25.9 Å². The Morgan fingerprint density at radius 1 is 1.55 bits per heavy atom. The summed E-state index contributed by atoms with van der Waals surface area (Å²) in [4.78, 5) is 23.3. The molecule has 0 aromatic carbocycles. The van der Waals surface area contributed by atoms with E-state index in [2.05, 4.69) is 27.1 Å². The Hall–Kier alpha value is -1.69. The van der Waals surface area contributed by atoms with Crippen molar-refractivity contribution in [2.24, 2.45) is 0 Å². The van der Waals surface area contributed by atoms with Crippen LogP contribution in [0.1, 0.15) is 55.7 Å². The molecule has 1 saturated heterocycles. The third-order valence-electron chi connectivity index (χ3n) is 4.13. The number of likely N-dealkylation sites (tertiary alicyclic amines) is 1. The lowest BCUT2D eigenvalue weighted by atomic mass is 10.2. The van der Waals surface area contributed by atoms with Gasteiger partial charge in [0.1, 0.15) is 11.4 Å². The zero-order valence-corrected chi connectivity index (χ0v) is 13.9. The van der Waals surface area contributed by atoms with Crippen molar-refractivity contribution >= 4 is 5.91 Å². The zero-order valence-electron chi connectivity index (χ0n) is 13.9. The number of aromatic nitrogens is 2. The number of nitrogens with one attached hydrogen (secondary N) is 1. The molecule has 1 aliphatic heterocycles. The van der Waals surface area contributed by atoms with E-state index in [1.165, 1.54) is 13.5 Å². The summed E-state index contributed by atoms with van der Waals surface area (Å²) in [5.74, 6) is 1.05. The van der Waals surface area contributed by atoms with Crippen molar-refractivity contribution in [2.75, 3.05) is 26.7 Å². The number of carbonyl (C=O) groups is 1. The predicted octanol–water partition coefficient (Wildman–Crippen LogP) is 1.82. The lowest BCUT2D eigenvalue weighted by molar-refractivity contribution is 0.0937. The predicted molar refractivity (Wildman–Crippen MR) is 85.3 cm³/mol. The topological polar surface area (TPSA) is 67.4 Å². The van der Waals surface area contributed by atoms with Crippen LogP contribution in [0.5, 0.6) is 5.88 Å². The lowest BCUT2D eigenvalue weighted by Gasteiger charge is -2.23. The number of nitrogens with zero attached hydrogens (tertiary/aromatic N) is 3. The first kappa shape index (κ1) is 16.7. The van der Waals surface area contributed by atoms with Crippen LogP contribution in [-0.4, -0.2) is 53.6 Å². The van der Waals surface area contributed by atoms with Crippen LogP contribution in [0.3, 0.4) is 0 Å². The highest BCUT2D eigenvalue weighted by atomic mass is 16.5. The molecule has 1 amide bonds. The van der Waals surface area contributed by atoms with Gasteiger partial charge >= 0.3 is 0 Å². The maximum absolute atomic E-state index is 12.4. The Bertz CT molecular complexity index is 519. The quantitative estimate of drug-likeness (QED) is 0.868. The van der Waals surface area contributed by atoms with E-state index in [1.807, 2.05) is 13.8 Å². The smallest absolute Gasteiger partial charge is 0.258 e. The van der Waals surface area contributed by atoms with Crippen LogP contribution in [0.15, 0.2) is 6.20 Å². The number of carbonyl (C=O) groups excluding carboxylic acids is 1. The lowest BCUT2D eigenvalue weighted by Crippen LogP contribution is -2.40. The van der Waals surface area contributed by atoms with Crippen molar-refractivity contribution < 1.29 is 9.53 Å². The molecule has 122 valence electrons. The molecule has 1 aliphatic rings. The molecule has 6 nitrogen and oxygen atoms in total. The van der Waals surface area contributed by atoms with E-state index in [1.54, 1.807) is 6.20 Å². The Balaban J connectivity index is 2.03. The van der Waals surface area contributed by atoms with Crippen LogP contribution in [0.25, 0.3) is 0 Å². The van der Waals surface area contributed by atoms with Gasteiger partial charge in [0.25, 0.3) is 5.91 Å². The summed E-state index contributed by atoms with van der Waals surface area (Å²) in [6.45, 7) is 8.97. The highest BCUT2D eigenvalue weighted by Gasteiger charge is 2.24. The average Bonchev–Trinajstić information content (AvgIpc) is 2.99. The summed E-state index contributed by atoms with van der Waals surface area (Å²) < 4.78 is 5.25. The van der Waals surface area contributed by atoms with Gasteiger partial charge in [-0.15, -0.1) is 0 Å². The van der Waals surface area contributed by atoms with Crippen molar-refractivity contribution in [3.63, 3.8) is 0 Å². The van der Waals surface area contributed by atoms with Gasteiger partial charge in [0.05, 0.1) is 7.11 Å². The summed E-state index contributed by atoms with van der Waals surface area (Å²) in [6.07, 6.45) is 3.89. The number of hydrogen-bond acceptors (Lipinski definition) is 5. The highest BCUT2D eigenvalue weighted by molar-refractivity contribution is 5.96. The normalized spacial score (nSPS) is 18.7. The number of ether oxygens (including phenoxy) is 1. The van der Waals surface area contributed by atoms with Crippen molar-refractivity contribution in [2.45, 2.75) is 45.6 Å². The second-order valence-electron chi connectivity index (χ2n) is 5.94. The van der Waals surface area contributed by atoms with E-state index in [9.17, 15) is 4.79 Å². The van der Waals surface area contributed by atoms with E-state index in [-0.39, 0.29) is 11.8 Å². The fraction of sp³-hybridized carbons (Fsp3) is 0.688. The van der Waals surface area contributed by atoms with Gasteiger partial charge in [-0.25, -0.2) is 4.98 Å². The molecule has 22 heavy (non-hydrogen) atoms. The van der Waals surface area contributed by atoms with E-state index in [0.29, 0.717) is 29.9 Å². The molecular weight excluding hydrogens is 280 g/mol. The number of hydrogen-bond donors (Lipinski definition) is 1. The maximum Gasteiger partial charge on any atom is 0.258 e. The minimum Gasteiger partial charge on any atom is -0.480 e. The Morgan fingerprint density at radius 3 is 2.95 bits per heavy atom. The summed E-state index contributed by atoms with van der Waals surface area (Å²) in [5.41, 5.74) is 0.396. The second kappa shape index (κ2) is 7.54. The minimum atomic E-state index is -0.171. The molecule has 2 rings (SSSR count). The van der Waals surface area contributed by atoms with Crippen molar-refractivity contribution in [3.8, 4) is 5.88 Å². The van der Waals surface area contributed by atoms with Crippen LogP contribution >= 0.6 is 0 Å². The summed E-state index contributed by atoms with van der Waals surface area (Å²) in [5, 5.41) is 2.99. The molecule has 0 radical (unpaired) electrons. The maximum atomic E-state index is 12.4. The number of rotatable bonds is 6. The SMILES string of the molecule is CCN1CCCC1CNC(=O)c1cnc(C(C)C)nc1OC. The Labute approximate surface area is 132 Å². The molecule has 1 N–H and O–H groups in total. The molecule has 0 spiro atoms. The number of amides is 1. The van der Waals surface area contributed by atoms with Gasteiger partial charge in [-0.3, -0.25) is 9.69 Å². The fourth-order valence-corrected chi connectivity index (χ4v) is 2.82. The van der Waals surface area contributed by atoms with Gasteiger partial charge in [0.15, 0.2) is 0 Å². The van der Waals surface area contributed by atoms with Crippen LogP contribution in [-0.2, 0) is 0 Å². The van der Waals surface area contributed by atoms with Crippen molar-refractivity contribution in [1.82, 2.24) is 20.2 Å². The summed E-state index contributed by atoms with van der Waals surface area (Å²) in [7, 11) is 1.53. The molecule has 1 aromatic heterocycles. The molecule has 1 aromatic rings. The summed E-state index contributed by atoms with van der Waals surface area (Å²) >= 11 is 0. The number of likely N-dealkylation sites (N-methyl/N-ethyl adjacent to an activating group) is 1. The van der Waals surface area contributed by atoms with E-state index < -0.39 is 0 Å². The molecule has 1 unspecified atom stereocenters. The van der Waals surface area contributed by atoms with E-state index in [0.717, 1.165) is 19.5 Å². The molecule has 2 heterocycles. The van der Waals surface area contributed by atoms with Gasteiger partial charge in [-0.2, -0.15) is 4.98 Å². The first-order valence-corrected chi connectivity index (χ1v) is 8.00. The second-order valence-corrected chi connectivity index (χ2v) is 5.94. The van der Waals surface area contributed by atoms with E-state index >= 15 is 0 Å². The minimum absolute atomic E-state index is 0.171. The van der Waals surface area contributed by atoms with Gasteiger partial charge in [0.2, 0.25) is 5.88 Å². The third-order valence-corrected chi connectivity index (χ3v) is 4.13. The van der Waals surface area contributed by atoms with Gasteiger partial charge in [-0.1, -0.05) is 20.8 Å². The van der Waals surface area contributed by atoms with Crippen LogP contribution in [0, 0.1) is 0 Å². The average molecular weight is 306 g/mol. The van der Waals surface area contributed by atoms with Crippen molar-refractivity contribution in [3.05, 3.63) is 17.6 Å². The van der Waals surface area contributed by atoms with Crippen molar-refractivity contribution in [1.29, 1.82) is 0 Å². The molecule has 0 aliphatic carbocycles. The largest absolute Gasteiger partial charge is 0.480 e. The first-order valence-electron chi connectivity index (χ1n) is 8.00. The molecule has 1 atom stereocenters. The fourth-order valence-electron chi connectivity index (χ4n) is 2.82. The molecule has 0 bridgehead atoms. The highest BCUT2D eigenvalue weighted by Crippen LogP contribution is 2.19. The zero-order chi connectivity index (χ0) is 16.1. The molecule has 1 fully saturated rings. The van der Waals surface area contributed by atoms with Crippen LogP contribution in [0.2, 0.25) is 0 Å². The third kappa shape index (κ3) is 3.74. The van der Waals surface area contributed by atoms with Crippen LogP contribution in [0.4, 0.5) is 0 Å². The van der Waals surface area contributed by atoms with E-state index in [4.69, 9.17) is 4.74 Å². The summed E-state index contributed by atoms with van der Waals surface area (Å²) in [6, 6.07) is 0.427. The molecular formula is C16H26N4O2. The molecule has 0 saturated carbocycles. The van der Waals surface area contributed by atoms with Gasteiger partial charge in [0, 0.05) is 24.7 Å². The molecule has 6 heteroatoms. The van der Waals surface area contributed by atoms with Gasteiger partial charge < -0.3 is 10.1 Å². The Kier molecular flexibility index (Phi) is 5.71. The monoisotopic (exact) mass is 306 g/mol. The standard InChI is InChI=1S/C16H26N4O2/c1-5-20-8-6-7-12(20)9-18-15(21)13-10-17-14(11(2)3)19-16(13)22-4/h10-12H,5-9H2,1-4H3,(H,18,21). The first-order chi connectivity index (χ1) is 10.6. The Morgan fingerprint density at radius 2 is 2.32 bits per heavy atom. The van der Waals surface area contributed by atoms with Crippen LogP contribution < -0.4 is 10.1 Å². The number of methoxy groups -OCH3 is 1.